The van der Waals surface area contributed by atoms with Crippen LogP contribution in [0.5, 0.6) is 0 Å². The Balaban J connectivity index is 1.96. The Hall–Kier alpha value is -3.23. The van der Waals surface area contributed by atoms with Gasteiger partial charge in [0, 0.05) is 16.9 Å². The molecule has 0 spiro atoms. The van der Waals surface area contributed by atoms with E-state index in [2.05, 4.69) is 10.6 Å². The Morgan fingerprint density at radius 3 is 1.65 bits per heavy atom. The van der Waals surface area contributed by atoms with Crippen molar-refractivity contribution in [3.05, 3.63) is 59.7 Å². The van der Waals surface area contributed by atoms with Crippen LogP contribution in [0.1, 0.15) is 11.1 Å². The number of nitrogens with one attached hydrogen (secondary N) is 3. The molecule has 0 aliphatic rings. The van der Waals surface area contributed by atoms with E-state index in [9.17, 15) is 19.8 Å². The number of hydrogen-bond donors (Lipinski definition) is 6. The van der Waals surface area contributed by atoms with E-state index in [0.717, 1.165) is 5.56 Å². The van der Waals surface area contributed by atoms with Crippen molar-refractivity contribution in [1.82, 2.24) is 0 Å². The van der Waals surface area contributed by atoms with Crippen molar-refractivity contribution in [3.63, 3.8) is 0 Å². The molecule has 2 amide bonds. The molecule has 0 saturated heterocycles. The SMILES string of the molecule is Cc1ccc(NC(=O)[C@H](O)[C@@H](O)C(=O)Nc2ccc(C(=N)N)cc2)cc1. The zero-order valence-corrected chi connectivity index (χ0v) is 14.1. The Kier molecular flexibility index (Phi) is 6.05. The van der Waals surface area contributed by atoms with Gasteiger partial charge in [0.15, 0.2) is 12.2 Å². The van der Waals surface area contributed by atoms with Gasteiger partial charge in [0.2, 0.25) is 0 Å². The molecule has 26 heavy (non-hydrogen) atoms. The Morgan fingerprint density at radius 1 is 0.885 bits per heavy atom. The third-order valence-corrected chi connectivity index (χ3v) is 3.62. The lowest BCUT2D eigenvalue weighted by atomic mass is 10.1. The standard InChI is InChI=1S/C18H20N4O4/c1-10-2-6-12(7-3-10)21-17(25)14(23)15(24)18(26)22-13-8-4-11(5-9-13)16(19)20/h2-9,14-15,23-24H,1H3,(H3,19,20)(H,21,25)(H,22,26)/t14-,15-/m1/s1. The Morgan fingerprint density at radius 2 is 1.27 bits per heavy atom. The summed E-state index contributed by atoms with van der Waals surface area (Å²) in [5.41, 5.74) is 7.57. The average molecular weight is 356 g/mol. The molecule has 0 bridgehead atoms. The first-order valence-electron chi connectivity index (χ1n) is 7.77. The van der Waals surface area contributed by atoms with E-state index >= 15 is 0 Å². The number of nitrogen functional groups attached to an aromatic ring is 1. The van der Waals surface area contributed by atoms with Gasteiger partial charge in [0.1, 0.15) is 5.84 Å². The fraction of sp³-hybridized carbons (Fsp3) is 0.167. The summed E-state index contributed by atoms with van der Waals surface area (Å²) >= 11 is 0. The smallest absolute Gasteiger partial charge is 0.256 e. The van der Waals surface area contributed by atoms with E-state index in [1.807, 2.05) is 6.92 Å². The molecule has 0 radical (unpaired) electrons. The number of aryl methyl sites for hydroxylation is 1. The summed E-state index contributed by atoms with van der Waals surface area (Å²) in [4.78, 5) is 24.0. The van der Waals surface area contributed by atoms with Gasteiger partial charge in [0.05, 0.1) is 0 Å². The average Bonchev–Trinajstić information content (AvgIpc) is 2.62. The number of benzene rings is 2. The van der Waals surface area contributed by atoms with E-state index in [4.69, 9.17) is 11.1 Å². The number of carbonyl (C=O) groups is 2. The van der Waals surface area contributed by atoms with Crippen LogP contribution < -0.4 is 16.4 Å². The van der Waals surface area contributed by atoms with E-state index < -0.39 is 24.0 Å². The minimum atomic E-state index is -1.95. The molecule has 0 aliphatic carbocycles. The Bertz CT molecular complexity index is 803. The molecule has 2 aromatic carbocycles. The molecule has 2 atom stereocenters. The third kappa shape index (κ3) is 4.88. The minimum absolute atomic E-state index is 0.119. The number of amidine groups is 1. The zero-order valence-electron chi connectivity index (χ0n) is 14.1. The molecule has 136 valence electrons. The third-order valence-electron chi connectivity index (χ3n) is 3.62. The quantitative estimate of drug-likeness (QED) is 0.331. The molecule has 2 aromatic rings. The topological polar surface area (TPSA) is 149 Å². The first-order chi connectivity index (χ1) is 12.3. The number of anilines is 2. The van der Waals surface area contributed by atoms with Gasteiger partial charge in [-0.3, -0.25) is 15.0 Å². The number of hydrogen-bond acceptors (Lipinski definition) is 5. The van der Waals surface area contributed by atoms with Crippen LogP contribution in [-0.2, 0) is 9.59 Å². The number of carbonyl (C=O) groups excluding carboxylic acids is 2. The molecule has 0 saturated carbocycles. The van der Waals surface area contributed by atoms with Crippen LogP contribution in [0, 0.1) is 12.3 Å². The van der Waals surface area contributed by atoms with Gasteiger partial charge in [-0.2, -0.15) is 0 Å². The predicted octanol–water partition coefficient (Wildman–Crippen LogP) is 0.578. The van der Waals surface area contributed by atoms with Gasteiger partial charge in [-0.25, -0.2) is 0 Å². The first-order valence-corrected chi connectivity index (χ1v) is 7.77. The van der Waals surface area contributed by atoms with Crippen LogP contribution >= 0.6 is 0 Å². The second-order valence-electron chi connectivity index (χ2n) is 5.73. The number of rotatable bonds is 6. The zero-order chi connectivity index (χ0) is 19.3. The largest absolute Gasteiger partial charge is 0.384 e. The highest BCUT2D eigenvalue weighted by Gasteiger charge is 2.30. The molecule has 0 heterocycles. The molecule has 2 rings (SSSR count). The molecular weight excluding hydrogens is 336 g/mol. The number of aliphatic hydroxyl groups is 2. The van der Waals surface area contributed by atoms with Crippen molar-refractivity contribution < 1.29 is 19.8 Å². The predicted molar refractivity (Wildman–Crippen MR) is 97.9 cm³/mol. The lowest BCUT2D eigenvalue weighted by Crippen LogP contribution is -2.45. The van der Waals surface area contributed by atoms with Crippen molar-refractivity contribution in [3.8, 4) is 0 Å². The highest BCUT2D eigenvalue weighted by atomic mass is 16.3. The summed E-state index contributed by atoms with van der Waals surface area (Å²) < 4.78 is 0. The maximum atomic E-state index is 12.0. The Labute approximate surface area is 150 Å². The van der Waals surface area contributed by atoms with Crippen LogP contribution in [0.25, 0.3) is 0 Å². The summed E-state index contributed by atoms with van der Waals surface area (Å²) in [6, 6.07) is 12.8. The highest BCUT2D eigenvalue weighted by molar-refractivity contribution is 6.02. The van der Waals surface area contributed by atoms with Crippen molar-refractivity contribution in [1.29, 1.82) is 5.41 Å². The van der Waals surface area contributed by atoms with Gasteiger partial charge in [-0.1, -0.05) is 17.7 Å². The normalized spacial score (nSPS) is 12.7. The lowest BCUT2D eigenvalue weighted by molar-refractivity contribution is -0.139. The van der Waals surface area contributed by atoms with Crippen LogP contribution in [0.4, 0.5) is 11.4 Å². The summed E-state index contributed by atoms with van der Waals surface area (Å²) in [6.07, 6.45) is -3.89. The van der Waals surface area contributed by atoms with Crippen molar-refractivity contribution >= 4 is 29.0 Å². The molecule has 8 heteroatoms. The van der Waals surface area contributed by atoms with Gasteiger partial charge in [-0.15, -0.1) is 0 Å². The van der Waals surface area contributed by atoms with E-state index in [-0.39, 0.29) is 5.84 Å². The summed E-state index contributed by atoms with van der Waals surface area (Å²) in [5, 5.41) is 31.9. The van der Waals surface area contributed by atoms with Crippen LogP contribution in [-0.4, -0.2) is 40.1 Å². The minimum Gasteiger partial charge on any atom is -0.384 e. The monoisotopic (exact) mass is 356 g/mol. The number of aliphatic hydroxyl groups excluding tert-OH is 2. The molecule has 7 N–H and O–H groups in total. The van der Waals surface area contributed by atoms with Crippen LogP contribution in [0.2, 0.25) is 0 Å². The molecule has 0 fully saturated rings. The van der Waals surface area contributed by atoms with E-state index in [0.29, 0.717) is 16.9 Å². The van der Waals surface area contributed by atoms with Crippen LogP contribution in [0.15, 0.2) is 48.5 Å². The molecule has 0 unspecified atom stereocenters. The van der Waals surface area contributed by atoms with Crippen molar-refractivity contribution in [2.45, 2.75) is 19.1 Å². The molecule has 0 aromatic heterocycles. The van der Waals surface area contributed by atoms with Crippen molar-refractivity contribution in [2.24, 2.45) is 5.73 Å². The maximum absolute atomic E-state index is 12.0. The highest BCUT2D eigenvalue weighted by Crippen LogP contribution is 2.12. The fourth-order valence-electron chi connectivity index (χ4n) is 2.09. The maximum Gasteiger partial charge on any atom is 0.256 e. The molecular formula is C18H20N4O4. The molecule has 0 aliphatic heterocycles. The summed E-state index contributed by atoms with van der Waals surface area (Å²) in [6.45, 7) is 1.89. The summed E-state index contributed by atoms with van der Waals surface area (Å²) in [7, 11) is 0. The fourth-order valence-corrected chi connectivity index (χ4v) is 2.09. The van der Waals surface area contributed by atoms with Gasteiger partial charge in [-0.05, 0) is 43.3 Å². The van der Waals surface area contributed by atoms with Gasteiger partial charge in [0.25, 0.3) is 11.8 Å². The lowest BCUT2D eigenvalue weighted by Gasteiger charge is -2.17. The van der Waals surface area contributed by atoms with E-state index in [1.165, 1.54) is 24.3 Å². The number of amides is 2. The second-order valence-corrected chi connectivity index (χ2v) is 5.73. The van der Waals surface area contributed by atoms with Crippen molar-refractivity contribution in [2.75, 3.05) is 10.6 Å². The van der Waals surface area contributed by atoms with Gasteiger partial charge < -0.3 is 26.6 Å². The second kappa shape index (κ2) is 8.24. The van der Waals surface area contributed by atoms with Gasteiger partial charge >= 0.3 is 0 Å². The molecule has 8 nitrogen and oxygen atoms in total. The van der Waals surface area contributed by atoms with Crippen LogP contribution in [0.3, 0.4) is 0 Å². The summed E-state index contributed by atoms with van der Waals surface area (Å²) in [5.74, 6) is -1.96. The number of nitrogens with two attached hydrogens (primary N) is 1. The first kappa shape index (κ1) is 19.1. The van der Waals surface area contributed by atoms with E-state index in [1.54, 1.807) is 24.3 Å².